The summed E-state index contributed by atoms with van der Waals surface area (Å²) in [5.74, 6) is -1.17. The number of aromatic hydroxyl groups is 2. The molecule has 0 fully saturated rings. The molecule has 3 aromatic carbocycles. The van der Waals surface area contributed by atoms with Gasteiger partial charge in [-0.05, 0) is 60.2 Å². The summed E-state index contributed by atoms with van der Waals surface area (Å²) in [6.45, 7) is 4.54. The van der Waals surface area contributed by atoms with Crippen molar-refractivity contribution in [2.75, 3.05) is 6.61 Å². The molecule has 3 aromatic rings. The van der Waals surface area contributed by atoms with E-state index >= 15 is 0 Å². The van der Waals surface area contributed by atoms with Crippen molar-refractivity contribution in [1.29, 1.82) is 0 Å². The van der Waals surface area contributed by atoms with E-state index in [4.69, 9.17) is 4.74 Å². The monoisotopic (exact) mass is 480 g/mol. The van der Waals surface area contributed by atoms with E-state index in [-0.39, 0.29) is 17.4 Å². The standard InChI is InChI=1S/C20H18O2.C10H22O3/c21-18-10-6-16(7-11-18)20(14-15-4-2-1-3-5-15)17-8-12-19(22)13-9-17;1-3-5-7-9-13-10(11,12)8-6-4-2/h1-13,20-22H,14H2;11-12H,3-9H2,1-2H3. The molecule has 0 bridgehead atoms. The van der Waals surface area contributed by atoms with Crippen LogP contribution in [0.4, 0.5) is 0 Å². The Morgan fingerprint density at radius 1 is 0.686 bits per heavy atom. The lowest BCUT2D eigenvalue weighted by Gasteiger charge is -2.21. The molecule has 5 heteroatoms. The zero-order valence-electron chi connectivity index (χ0n) is 20.9. The predicted molar refractivity (Wildman–Crippen MR) is 140 cm³/mol. The highest BCUT2D eigenvalue weighted by molar-refractivity contribution is 5.39. The number of hydrogen-bond acceptors (Lipinski definition) is 5. The molecule has 0 saturated carbocycles. The Morgan fingerprint density at radius 2 is 1.20 bits per heavy atom. The first-order chi connectivity index (χ1) is 16.8. The summed E-state index contributed by atoms with van der Waals surface area (Å²) in [4.78, 5) is 0. The maximum atomic E-state index is 9.50. The minimum atomic E-state index is -1.90. The molecular weight excluding hydrogens is 440 g/mol. The number of benzene rings is 3. The predicted octanol–water partition coefficient (Wildman–Crippen LogP) is 6.49. The third-order valence-corrected chi connectivity index (χ3v) is 5.81. The van der Waals surface area contributed by atoms with E-state index in [9.17, 15) is 20.4 Å². The lowest BCUT2D eigenvalue weighted by molar-refractivity contribution is -0.341. The summed E-state index contributed by atoms with van der Waals surface area (Å²) < 4.78 is 4.94. The molecule has 5 nitrogen and oxygen atoms in total. The second kappa shape index (κ2) is 15.2. The first kappa shape index (κ1) is 28.4. The van der Waals surface area contributed by atoms with Crippen LogP contribution in [0.15, 0.2) is 78.9 Å². The highest BCUT2D eigenvalue weighted by atomic mass is 16.8. The highest BCUT2D eigenvalue weighted by Gasteiger charge is 2.22. The Morgan fingerprint density at radius 3 is 1.69 bits per heavy atom. The van der Waals surface area contributed by atoms with Crippen molar-refractivity contribution in [2.24, 2.45) is 0 Å². The second-order valence-electron chi connectivity index (χ2n) is 8.83. The Kier molecular flexibility index (Phi) is 12.3. The largest absolute Gasteiger partial charge is 0.508 e. The molecule has 3 rings (SSSR count). The van der Waals surface area contributed by atoms with Gasteiger partial charge in [-0.25, -0.2) is 0 Å². The van der Waals surface area contributed by atoms with Gasteiger partial charge >= 0.3 is 0 Å². The van der Waals surface area contributed by atoms with Crippen LogP contribution in [0.5, 0.6) is 11.5 Å². The van der Waals surface area contributed by atoms with E-state index in [0.717, 1.165) is 49.7 Å². The van der Waals surface area contributed by atoms with Crippen molar-refractivity contribution in [2.45, 2.75) is 70.7 Å². The van der Waals surface area contributed by atoms with Crippen LogP contribution in [0.3, 0.4) is 0 Å². The summed E-state index contributed by atoms with van der Waals surface area (Å²) in [5, 5.41) is 37.6. The van der Waals surface area contributed by atoms with Gasteiger partial charge < -0.3 is 25.2 Å². The first-order valence-corrected chi connectivity index (χ1v) is 12.5. The first-order valence-electron chi connectivity index (χ1n) is 12.5. The fourth-order valence-electron chi connectivity index (χ4n) is 3.76. The smallest absolute Gasteiger partial charge is 0.277 e. The zero-order valence-corrected chi connectivity index (χ0v) is 20.9. The number of phenols is 2. The quantitative estimate of drug-likeness (QED) is 0.176. The summed E-state index contributed by atoms with van der Waals surface area (Å²) in [5.41, 5.74) is 3.55. The van der Waals surface area contributed by atoms with E-state index in [1.807, 2.05) is 49.4 Å². The third-order valence-electron chi connectivity index (χ3n) is 5.81. The summed E-state index contributed by atoms with van der Waals surface area (Å²) in [6.07, 6.45) is 5.98. The number of aliphatic hydroxyl groups is 2. The van der Waals surface area contributed by atoms with E-state index in [1.165, 1.54) is 5.56 Å². The van der Waals surface area contributed by atoms with Crippen LogP contribution in [-0.2, 0) is 11.2 Å². The van der Waals surface area contributed by atoms with Crippen molar-refractivity contribution in [3.8, 4) is 11.5 Å². The van der Waals surface area contributed by atoms with Gasteiger partial charge in [0.25, 0.3) is 5.97 Å². The fraction of sp³-hybridized carbons (Fsp3) is 0.400. The van der Waals surface area contributed by atoms with Crippen LogP contribution in [-0.4, -0.2) is 33.0 Å². The molecule has 0 heterocycles. The fourth-order valence-corrected chi connectivity index (χ4v) is 3.76. The van der Waals surface area contributed by atoms with E-state index in [1.54, 1.807) is 24.3 Å². The summed E-state index contributed by atoms with van der Waals surface area (Å²) in [7, 11) is 0. The van der Waals surface area contributed by atoms with Gasteiger partial charge in [0.05, 0.1) is 6.61 Å². The molecule has 4 N–H and O–H groups in total. The van der Waals surface area contributed by atoms with Crippen LogP contribution in [0, 0.1) is 0 Å². The average Bonchev–Trinajstić information content (AvgIpc) is 2.86. The van der Waals surface area contributed by atoms with Crippen molar-refractivity contribution >= 4 is 0 Å². The van der Waals surface area contributed by atoms with Gasteiger partial charge in [-0.2, -0.15) is 0 Å². The minimum Gasteiger partial charge on any atom is -0.508 e. The molecule has 190 valence electrons. The summed E-state index contributed by atoms with van der Waals surface area (Å²) in [6, 6.07) is 25.0. The van der Waals surface area contributed by atoms with Gasteiger partial charge in [0.15, 0.2) is 0 Å². The van der Waals surface area contributed by atoms with Gasteiger partial charge in [-0.1, -0.05) is 87.7 Å². The lowest BCUT2D eigenvalue weighted by atomic mass is 9.86. The number of phenolic OH excluding ortho intramolecular Hbond substituents is 2. The summed E-state index contributed by atoms with van der Waals surface area (Å²) >= 11 is 0. The SMILES string of the molecule is CCCCCOC(O)(O)CCCC.Oc1ccc(C(Cc2ccccc2)c2ccc(O)cc2)cc1. The second-order valence-corrected chi connectivity index (χ2v) is 8.83. The van der Waals surface area contributed by atoms with Crippen LogP contribution >= 0.6 is 0 Å². The molecule has 0 aromatic heterocycles. The van der Waals surface area contributed by atoms with Gasteiger partial charge in [0.1, 0.15) is 11.5 Å². The Hall–Kier alpha value is -2.86. The number of unbranched alkanes of at least 4 members (excludes halogenated alkanes) is 3. The van der Waals surface area contributed by atoms with E-state index < -0.39 is 5.97 Å². The van der Waals surface area contributed by atoms with E-state index in [0.29, 0.717) is 13.0 Å². The maximum absolute atomic E-state index is 9.50. The lowest BCUT2D eigenvalue weighted by Crippen LogP contribution is -2.32. The molecule has 0 spiro atoms. The Bertz CT molecular complexity index is 891. The van der Waals surface area contributed by atoms with Crippen LogP contribution in [0.1, 0.15) is 75.0 Å². The number of rotatable bonds is 12. The topological polar surface area (TPSA) is 90.2 Å². The molecule has 0 aliphatic carbocycles. The molecule has 0 amide bonds. The molecule has 0 unspecified atom stereocenters. The average molecular weight is 481 g/mol. The van der Waals surface area contributed by atoms with Crippen LogP contribution in [0.2, 0.25) is 0 Å². The van der Waals surface area contributed by atoms with Crippen LogP contribution < -0.4 is 0 Å². The van der Waals surface area contributed by atoms with Gasteiger partial charge in [0.2, 0.25) is 0 Å². The van der Waals surface area contributed by atoms with Crippen molar-refractivity contribution < 1.29 is 25.2 Å². The molecule has 35 heavy (non-hydrogen) atoms. The third kappa shape index (κ3) is 11.0. The zero-order chi connectivity index (χ0) is 25.5. The van der Waals surface area contributed by atoms with Crippen LogP contribution in [0.25, 0.3) is 0 Å². The molecular formula is C30H40O5. The van der Waals surface area contributed by atoms with Crippen molar-refractivity contribution in [3.05, 3.63) is 95.6 Å². The number of hydrogen-bond donors (Lipinski definition) is 4. The highest BCUT2D eigenvalue weighted by Crippen LogP contribution is 2.30. The minimum absolute atomic E-state index is 0.184. The molecule has 0 aliphatic rings. The Balaban J connectivity index is 0.000000287. The normalized spacial score (nSPS) is 11.2. The van der Waals surface area contributed by atoms with Gasteiger partial charge in [0, 0.05) is 12.3 Å². The number of ether oxygens (including phenoxy) is 1. The Labute approximate surface area is 209 Å². The molecule has 0 saturated heterocycles. The van der Waals surface area contributed by atoms with E-state index in [2.05, 4.69) is 19.1 Å². The van der Waals surface area contributed by atoms with Gasteiger partial charge in [-0.15, -0.1) is 0 Å². The van der Waals surface area contributed by atoms with Crippen molar-refractivity contribution in [1.82, 2.24) is 0 Å². The molecule has 0 atom stereocenters. The maximum Gasteiger partial charge on any atom is 0.277 e. The molecule has 0 radical (unpaired) electrons. The molecule has 0 aliphatic heterocycles. The van der Waals surface area contributed by atoms with Gasteiger partial charge in [-0.3, -0.25) is 0 Å². The van der Waals surface area contributed by atoms with Crippen molar-refractivity contribution in [3.63, 3.8) is 0 Å².